The zero-order chi connectivity index (χ0) is 33.3. The molecule has 2 aliphatic carbocycles. The molecule has 2 saturated heterocycles. The number of carbonyl (C=O) groups is 2. The molecule has 2 aromatic carbocycles. The first-order valence-electron chi connectivity index (χ1n) is 18.0. The van der Waals surface area contributed by atoms with Gasteiger partial charge < -0.3 is 29.8 Å². The third kappa shape index (κ3) is 5.47. The number of imidazole rings is 1. The van der Waals surface area contributed by atoms with Crippen molar-refractivity contribution in [2.45, 2.75) is 83.0 Å². The molecule has 0 unspecified atom stereocenters. The van der Waals surface area contributed by atoms with Crippen molar-refractivity contribution in [3.05, 3.63) is 47.5 Å². The van der Waals surface area contributed by atoms with Gasteiger partial charge in [0, 0.05) is 49.2 Å². The van der Waals surface area contributed by atoms with Gasteiger partial charge >= 0.3 is 0 Å². The molecule has 10 heteroatoms. The largest absolute Gasteiger partial charge is 0.494 e. The van der Waals surface area contributed by atoms with E-state index >= 15 is 0 Å². The van der Waals surface area contributed by atoms with Gasteiger partial charge in [0.2, 0.25) is 5.91 Å². The Morgan fingerprint density at radius 3 is 2.50 bits per heavy atom. The van der Waals surface area contributed by atoms with Gasteiger partial charge in [0.05, 0.1) is 30.4 Å². The first-order chi connectivity index (χ1) is 23.2. The van der Waals surface area contributed by atoms with Gasteiger partial charge in [-0.1, -0.05) is 18.2 Å². The molecule has 2 aromatic heterocycles. The number of fused-ring (bicyclic) bond motifs is 4. The Balaban J connectivity index is 1.14. The molecule has 3 atom stereocenters. The van der Waals surface area contributed by atoms with E-state index in [0.29, 0.717) is 35.6 Å². The molecule has 2 aliphatic heterocycles. The summed E-state index contributed by atoms with van der Waals surface area (Å²) >= 11 is 0. The summed E-state index contributed by atoms with van der Waals surface area (Å²) in [6.07, 6.45) is 6.65. The van der Waals surface area contributed by atoms with E-state index in [1.165, 1.54) is 29.3 Å². The Hall–Kier alpha value is -3.89. The number of benzene rings is 2. The number of carbonyl (C=O) groups excluding carboxylic acids is 2. The van der Waals surface area contributed by atoms with Gasteiger partial charge in [0.25, 0.3) is 5.91 Å². The summed E-state index contributed by atoms with van der Waals surface area (Å²) in [4.78, 5) is 35.7. The summed E-state index contributed by atoms with van der Waals surface area (Å²) in [7, 11) is 3.72. The third-order valence-corrected chi connectivity index (χ3v) is 11.5. The highest BCUT2D eigenvalue weighted by Gasteiger charge is 2.47. The number of aromatic nitrogens is 3. The minimum Gasteiger partial charge on any atom is -0.494 e. The molecule has 0 radical (unpaired) electrons. The SMILES string of the molecule is COc1cc(C(=O)N2C[C@H]3CC[C@@H]2[C@@H]3N)cc2nc(-c3cc4cccc(C5CCN(CC(=O)NC(C)C)CC5)c4n3CC3CC3)n(C)c12. The number of hydrogen-bond donors (Lipinski definition) is 2. The fourth-order valence-electron chi connectivity index (χ4n) is 8.86. The number of aryl methyl sites for hydroxylation is 1. The van der Waals surface area contributed by atoms with E-state index < -0.39 is 0 Å². The molecular formula is C38H49N7O3. The highest BCUT2D eigenvalue weighted by atomic mass is 16.5. The van der Waals surface area contributed by atoms with Crippen LogP contribution in [0.25, 0.3) is 33.5 Å². The number of likely N-dealkylation sites (tertiary alicyclic amines) is 2. The molecule has 3 N–H and O–H groups in total. The fourth-order valence-corrected chi connectivity index (χ4v) is 8.86. The summed E-state index contributed by atoms with van der Waals surface area (Å²) in [5, 5.41) is 4.27. The maximum absolute atomic E-state index is 13.8. The average molecular weight is 652 g/mol. The van der Waals surface area contributed by atoms with Gasteiger partial charge in [-0.2, -0.15) is 0 Å². The van der Waals surface area contributed by atoms with Crippen molar-refractivity contribution in [2.75, 3.05) is 33.3 Å². The number of amides is 2. The van der Waals surface area contributed by atoms with Gasteiger partial charge in [0.1, 0.15) is 11.3 Å². The lowest BCUT2D eigenvalue weighted by molar-refractivity contribution is -0.123. The van der Waals surface area contributed by atoms with Crippen molar-refractivity contribution in [2.24, 2.45) is 24.6 Å². The minimum atomic E-state index is 0.0177. The number of methoxy groups -OCH3 is 1. The van der Waals surface area contributed by atoms with Gasteiger partial charge in [-0.25, -0.2) is 4.98 Å². The lowest BCUT2D eigenvalue weighted by Gasteiger charge is -2.32. The number of nitrogens with two attached hydrogens (primary N) is 1. The molecule has 4 heterocycles. The summed E-state index contributed by atoms with van der Waals surface area (Å²) in [5.41, 5.74) is 12.5. The Bertz CT molecular complexity index is 1880. The van der Waals surface area contributed by atoms with Crippen LogP contribution >= 0.6 is 0 Å². The van der Waals surface area contributed by atoms with Crippen LogP contribution in [-0.4, -0.2) is 87.1 Å². The van der Waals surface area contributed by atoms with Gasteiger partial charge in [0.15, 0.2) is 5.82 Å². The van der Waals surface area contributed by atoms with Crippen molar-refractivity contribution in [3.63, 3.8) is 0 Å². The minimum absolute atomic E-state index is 0.0177. The molecule has 48 heavy (non-hydrogen) atoms. The molecule has 2 amide bonds. The number of ether oxygens (including phenoxy) is 1. The Morgan fingerprint density at radius 1 is 1.04 bits per heavy atom. The zero-order valence-electron chi connectivity index (χ0n) is 28.7. The van der Waals surface area contributed by atoms with Gasteiger partial charge in [-0.05, 0) is 107 Å². The summed E-state index contributed by atoms with van der Waals surface area (Å²) in [6.45, 7) is 8.01. The van der Waals surface area contributed by atoms with E-state index in [4.69, 9.17) is 15.5 Å². The van der Waals surface area contributed by atoms with Crippen molar-refractivity contribution < 1.29 is 14.3 Å². The highest BCUT2D eigenvalue weighted by molar-refractivity contribution is 6.00. The van der Waals surface area contributed by atoms with Crippen LogP contribution in [0, 0.1) is 11.8 Å². The van der Waals surface area contributed by atoms with Crippen LogP contribution < -0.4 is 15.8 Å². The van der Waals surface area contributed by atoms with Crippen LogP contribution in [0.1, 0.15) is 74.2 Å². The number of para-hydroxylation sites is 1. The second-order valence-corrected chi connectivity index (χ2v) is 15.1. The number of piperidine rings is 2. The average Bonchev–Trinajstić information content (AvgIpc) is 3.46. The Kier molecular flexibility index (Phi) is 7.99. The van der Waals surface area contributed by atoms with Gasteiger partial charge in [-0.15, -0.1) is 0 Å². The molecule has 2 bridgehead atoms. The molecule has 4 aliphatic rings. The predicted molar refractivity (Wildman–Crippen MR) is 188 cm³/mol. The number of rotatable bonds is 9. The van der Waals surface area contributed by atoms with Crippen LogP contribution in [-0.2, 0) is 18.4 Å². The molecule has 10 nitrogen and oxygen atoms in total. The topological polar surface area (TPSA) is 111 Å². The van der Waals surface area contributed by atoms with Crippen LogP contribution in [0.4, 0.5) is 0 Å². The zero-order valence-corrected chi connectivity index (χ0v) is 28.7. The summed E-state index contributed by atoms with van der Waals surface area (Å²) in [6, 6.07) is 13.2. The first kappa shape index (κ1) is 31.4. The summed E-state index contributed by atoms with van der Waals surface area (Å²) in [5.74, 6) is 3.16. The second-order valence-electron chi connectivity index (χ2n) is 15.1. The third-order valence-electron chi connectivity index (χ3n) is 11.5. The highest BCUT2D eigenvalue weighted by Crippen LogP contribution is 2.42. The number of nitrogens with one attached hydrogen (secondary N) is 1. The van der Waals surface area contributed by atoms with E-state index in [9.17, 15) is 9.59 Å². The lowest BCUT2D eigenvalue weighted by Crippen LogP contribution is -2.43. The van der Waals surface area contributed by atoms with Crippen molar-refractivity contribution in [3.8, 4) is 17.3 Å². The molecule has 8 rings (SSSR count). The van der Waals surface area contributed by atoms with Gasteiger partial charge in [-0.3, -0.25) is 14.5 Å². The summed E-state index contributed by atoms with van der Waals surface area (Å²) < 4.78 is 10.6. The molecule has 2 saturated carbocycles. The standard InChI is InChI=1S/C38H49N7O3/c1-22(2)40-33(46)21-43-14-12-24(13-15-43)28-7-5-6-25-17-31(44(35(25)28)19-23-8-9-23)37-41-29-16-27(18-32(48-4)36(29)42(37)3)38(47)45-20-26-10-11-30(45)34(26)39/h5-7,16-18,22-24,26,30,34H,8-15,19-21,39H2,1-4H3,(H,40,46)/t26-,30-,34-/m1/s1. The molecule has 4 aromatic rings. The van der Waals surface area contributed by atoms with E-state index in [1.54, 1.807) is 7.11 Å². The molecule has 254 valence electrons. The van der Waals surface area contributed by atoms with Crippen molar-refractivity contribution in [1.82, 2.24) is 29.2 Å². The predicted octanol–water partition coefficient (Wildman–Crippen LogP) is 4.88. The maximum Gasteiger partial charge on any atom is 0.254 e. The van der Waals surface area contributed by atoms with E-state index in [2.05, 4.69) is 50.7 Å². The number of hydrogen-bond acceptors (Lipinski definition) is 6. The van der Waals surface area contributed by atoms with E-state index in [-0.39, 0.29) is 29.9 Å². The normalized spacial score (nSPS) is 23.2. The monoisotopic (exact) mass is 651 g/mol. The first-order valence-corrected chi connectivity index (χ1v) is 18.0. The van der Waals surface area contributed by atoms with Crippen LogP contribution in [0.2, 0.25) is 0 Å². The Labute approximate surface area is 282 Å². The second kappa shape index (κ2) is 12.2. The van der Waals surface area contributed by atoms with Crippen LogP contribution in [0.3, 0.4) is 0 Å². The molecule has 0 spiro atoms. The molecule has 4 fully saturated rings. The van der Waals surface area contributed by atoms with Crippen LogP contribution in [0.5, 0.6) is 5.75 Å². The van der Waals surface area contributed by atoms with Crippen molar-refractivity contribution >= 4 is 33.8 Å². The van der Waals surface area contributed by atoms with E-state index in [1.807, 2.05) is 30.9 Å². The smallest absolute Gasteiger partial charge is 0.254 e. The van der Waals surface area contributed by atoms with Crippen LogP contribution in [0.15, 0.2) is 36.4 Å². The van der Waals surface area contributed by atoms with Crippen molar-refractivity contribution in [1.29, 1.82) is 0 Å². The number of nitrogens with zero attached hydrogens (tertiary/aromatic N) is 5. The fraction of sp³-hybridized carbons (Fsp3) is 0.553. The Morgan fingerprint density at radius 2 is 1.83 bits per heavy atom. The maximum atomic E-state index is 13.8. The lowest BCUT2D eigenvalue weighted by atomic mass is 9.88. The molecular weight excluding hydrogens is 602 g/mol. The van der Waals surface area contributed by atoms with E-state index in [0.717, 1.165) is 74.4 Å². The quantitative estimate of drug-likeness (QED) is 0.267.